The fourth-order valence-electron chi connectivity index (χ4n) is 2.80. The van der Waals surface area contributed by atoms with Crippen molar-refractivity contribution in [3.63, 3.8) is 0 Å². The van der Waals surface area contributed by atoms with E-state index in [1.165, 1.54) is 36.8 Å². The zero-order chi connectivity index (χ0) is 14.8. The zero-order valence-corrected chi connectivity index (χ0v) is 13.2. The van der Waals surface area contributed by atoms with E-state index in [0.29, 0.717) is 5.75 Å². The molecular weight excluding hydrogens is 285 g/mol. The molecule has 1 N–H and O–H groups in total. The van der Waals surface area contributed by atoms with Gasteiger partial charge in [-0.05, 0) is 55.5 Å². The summed E-state index contributed by atoms with van der Waals surface area (Å²) < 4.78 is 18.7. The average Bonchev–Trinajstić information content (AvgIpc) is 3.05. The lowest BCUT2D eigenvalue weighted by molar-refractivity contribution is 0.385. The molecule has 0 bridgehead atoms. The van der Waals surface area contributed by atoms with Gasteiger partial charge in [0.15, 0.2) is 11.6 Å². The molecule has 0 aliphatic heterocycles. The van der Waals surface area contributed by atoms with Crippen LogP contribution in [0.2, 0.25) is 0 Å². The van der Waals surface area contributed by atoms with Crippen LogP contribution in [0.4, 0.5) is 4.39 Å². The summed E-state index contributed by atoms with van der Waals surface area (Å²) in [5, 5.41) is 3.47. The van der Waals surface area contributed by atoms with Gasteiger partial charge in [0.05, 0.1) is 7.11 Å². The summed E-state index contributed by atoms with van der Waals surface area (Å²) in [4.78, 5) is 2.93. The number of methoxy groups -OCH3 is 1. The number of thiophene rings is 1. The molecular formula is C17H20FNOS. The fourth-order valence-corrected chi connectivity index (χ4v) is 4.01. The Morgan fingerprint density at radius 3 is 2.90 bits per heavy atom. The van der Waals surface area contributed by atoms with Crippen LogP contribution in [0.3, 0.4) is 0 Å². The van der Waals surface area contributed by atoms with Gasteiger partial charge in [-0.1, -0.05) is 6.07 Å². The summed E-state index contributed by atoms with van der Waals surface area (Å²) >= 11 is 1.91. The first kappa shape index (κ1) is 14.5. The van der Waals surface area contributed by atoms with Gasteiger partial charge in [0, 0.05) is 22.3 Å². The van der Waals surface area contributed by atoms with Gasteiger partial charge < -0.3 is 10.1 Å². The highest BCUT2D eigenvalue weighted by atomic mass is 32.1. The first-order chi connectivity index (χ1) is 10.2. The molecule has 0 amide bonds. The number of hydrogen-bond donors (Lipinski definition) is 1. The van der Waals surface area contributed by atoms with Crippen LogP contribution >= 0.6 is 11.3 Å². The minimum absolute atomic E-state index is 0.113. The van der Waals surface area contributed by atoms with Gasteiger partial charge >= 0.3 is 0 Å². The Labute approximate surface area is 129 Å². The topological polar surface area (TPSA) is 21.3 Å². The van der Waals surface area contributed by atoms with E-state index >= 15 is 0 Å². The number of benzene rings is 1. The van der Waals surface area contributed by atoms with Crippen molar-refractivity contribution < 1.29 is 9.13 Å². The molecule has 1 heterocycles. The Morgan fingerprint density at radius 1 is 1.33 bits per heavy atom. The third-order valence-corrected chi connectivity index (χ3v) is 5.29. The maximum absolute atomic E-state index is 13.7. The molecule has 2 nitrogen and oxygen atoms in total. The van der Waals surface area contributed by atoms with Crippen LogP contribution in [0.25, 0.3) is 0 Å². The van der Waals surface area contributed by atoms with E-state index < -0.39 is 0 Å². The van der Waals surface area contributed by atoms with Crippen molar-refractivity contribution in [1.29, 1.82) is 0 Å². The lowest BCUT2D eigenvalue weighted by Gasteiger charge is -2.14. The summed E-state index contributed by atoms with van der Waals surface area (Å²) in [5.41, 5.74) is 2.47. The van der Waals surface area contributed by atoms with E-state index in [9.17, 15) is 4.39 Å². The van der Waals surface area contributed by atoms with Gasteiger partial charge in [-0.15, -0.1) is 11.3 Å². The Bertz CT molecular complexity index is 616. The standard InChI is InChI=1S/C17H20FNOS/c1-11(12-6-7-16(20-2)15(18)9-12)19-10-14-8-13-4-3-5-17(13)21-14/h6-9,11,19H,3-5,10H2,1-2H3. The van der Waals surface area contributed by atoms with Crippen LogP contribution in [-0.2, 0) is 19.4 Å². The molecule has 0 saturated carbocycles. The second-order valence-corrected chi connectivity index (χ2v) is 6.73. The predicted octanol–water partition coefficient (Wildman–Crippen LogP) is 4.24. The highest BCUT2D eigenvalue weighted by molar-refractivity contribution is 7.12. The molecule has 0 radical (unpaired) electrons. The number of nitrogens with one attached hydrogen (secondary N) is 1. The van der Waals surface area contributed by atoms with E-state index in [4.69, 9.17) is 4.74 Å². The lowest BCUT2D eigenvalue weighted by Crippen LogP contribution is -2.17. The van der Waals surface area contributed by atoms with Gasteiger partial charge in [-0.2, -0.15) is 0 Å². The quantitative estimate of drug-likeness (QED) is 0.892. The second kappa shape index (κ2) is 6.16. The van der Waals surface area contributed by atoms with Crippen LogP contribution in [0.5, 0.6) is 5.75 Å². The average molecular weight is 305 g/mol. The smallest absolute Gasteiger partial charge is 0.165 e. The van der Waals surface area contributed by atoms with E-state index in [0.717, 1.165) is 12.1 Å². The van der Waals surface area contributed by atoms with Crippen LogP contribution in [0.1, 0.15) is 40.3 Å². The van der Waals surface area contributed by atoms with Gasteiger partial charge in [0.1, 0.15) is 0 Å². The molecule has 1 aromatic heterocycles. The molecule has 4 heteroatoms. The van der Waals surface area contributed by atoms with Gasteiger partial charge in [0.25, 0.3) is 0 Å². The third kappa shape index (κ3) is 3.11. The van der Waals surface area contributed by atoms with Crippen molar-refractivity contribution in [2.24, 2.45) is 0 Å². The molecule has 112 valence electrons. The Kier molecular flexibility index (Phi) is 4.27. The summed E-state index contributed by atoms with van der Waals surface area (Å²) in [6.45, 7) is 2.90. The zero-order valence-electron chi connectivity index (χ0n) is 12.4. The minimum atomic E-state index is -0.307. The number of fused-ring (bicyclic) bond motifs is 1. The van der Waals surface area contributed by atoms with Crippen LogP contribution < -0.4 is 10.1 Å². The molecule has 2 aromatic rings. The molecule has 1 aromatic carbocycles. The lowest BCUT2D eigenvalue weighted by atomic mass is 10.1. The fraction of sp³-hybridized carbons (Fsp3) is 0.412. The van der Waals surface area contributed by atoms with Crippen molar-refractivity contribution in [3.05, 3.63) is 51.0 Å². The van der Waals surface area contributed by atoms with Crippen LogP contribution in [-0.4, -0.2) is 7.11 Å². The van der Waals surface area contributed by atoms with E-state index in [-0.39, 0.29) is 11.9 Å². The van der Waals surface area contributed by atoms with E-state index in [1.54, 1.807) is 17.0 Å². The molecule has 0 fully saturated rings. The summed E-state index contributed by atoms with van der Waals surface area (Å²) in [5.74, 6) is -0.0145. The predicted molar refractivity (Wildman–Crippen MR) is 84.6 cm³/mol. The monoisotopic (exact) mass is 305 g/mol. The maximum atomic E-state index is 13.7. The maximum Gasteiger partial charge on any atom is 0.165 e. The summed E-state index contributed by atoms with van der Waals surface area (Å²) in [6.07, 6.45) is 3.76. The molecule has 0 saturated heterocycles. The highest BCUT2D eigenvalue weighted by Crippen LogP contribution is 2.31. The second-order valence-electron chi connectivity index (χ2n) is 5.51. The first-order valence-corrected chi connectivity index (χ1v) is 8.16. The van der Waals surface area contributed by atoms with Crippen LogP contribution in [0, 0.1) is 5.82 Å². The van der Waals surface area contributed by atoms with E-state index in [1.807, 2.05) is 17.4 Å². The van der Waals surface area contributed by atoms with E-state index in [2.05, 4.69) is 18.3 Å². The Morgan fingerprint density at radius 2 is 2.19 bits per heavy atom. The largest absolute Gasteiger partial charge is 0.494 e. The first-order valence-electron chi connectivity index (χ1n) is 7.34. The third-order valence-electron chi connectivity index (χ3n) is 4.06. The van der Waals surface area contributed by atoms with Crippen molar-refractivity contribution in [2.45, 2.75) is 38.8 Å². The minimum Gasteiger partial charge on any atom is -0.494 e. The van der Waals surface area contributed by atoms with Gasteiger partial charge in [0.2, 0.25) is 0 Å². The molecule has 1 aliphatic rings. The molecule has 1 atom stereocenters. The normalized spacial score (nSPS) is 15.0. The van der Waals surface area contributed by atoms with Gasteiger partial charge in [-0.3, -0.25) is 0 Å². The number of aryl methyl sites for hydroxylation is 2. The summed E-state index contributed by atoms with van der Waals surface area (Å²) in [6, 6.07) is 7.57. The molecule has 0 spiro atoms. The molecule has 3 rings (SSSR count). The Balaban J connectivity index is 1.63. The van der Waals surface area contributed by atoms with Crippen molar-refractivity contribution in [1.82, 2.24) is 5.32 Å². The Hall–Kier alpha value is -1.39. The van der Waals surface area contributed by atoms with Crippen LogP contribution in [0.15, 0.2) is 24.3 Å². The highest BCUT2D eigenvalue weighted by Gasteiger charge is 2.15. The number of hydrogen-bond acceptors (Lipinski definition) is 3. The molecule has 21 heavy (non-hydrogen) atoms. The number of rotatable bonds is 5. The van der Waals surface area contributed by atoms with Crippen molar-refractivity contribution >= 4 is 11.3 Å². The number of ether oxygens (including phenoxy) is 1. The van der Waals surface area contributed by atoms with Gasteiger partial charge in [-0.25, -0.2) is 4.39 Å². The number of halogens is 1. The SMILES string of the molecule is COc1ccc(C(C)NCc2cc3c(s2)CCC3)cc1F. The van der Waals surface area contributed by atoms with Crippen molar-refractivity contribution in [3.8, 4) is 5.75 Å². The molecule has 1 unspecified atom stereocenters. The summed E-state index contributed by atoms with van der Waals surface area (Å²) in [7, 11) is 1.48. The molecule has 1 aliphatic carbocycles. The van der Waals surface area contributed by atoms with Crippen molar-refractivity contribution in [2.75, 3.05) is 7.11 Å².